The van der Waals surface area contributed by atoms with Crippen LogP contribution in [0.1, 0.15) is 12.0 Å². The minimum Gasteiger partial charge on any atom is -0.490 e. The van der Waals surface area contributed by atoms with E-state index in [0.29, 0.717) is 0 Å². The van der Waals surface area contributed by atoms with Crippen molar-refractivity contribution in [3.63, 3.8) is 0 Å². The molecule has 1 N–H and O–H groups in total. The Morgan fingerprint density at radius 2 is 2.10 bits per heavy atom. The topological polar surface area (TPSA) is 72.8 Å². The van der Waals surface area contributed by atoms with Gasteiger partial charge >= 0.3 is 11.9 Å². The number of rotatable bonds is 6. The van der Waals surface area contributed by atoms with Gasteiger partial charge in [0, 0.05) is 0 Å². The first-order valence-electron chi connectivity index (χ1n) is 6.13. The zero-order valence-electron chi connectivity index (χ0n) is 10.7. The molecule has 1 aliphatic rings. The summed E-state index contributed by atoms with van der Waals surface area (Å²) in [6, 6.07) is 9.68. The van der Waals surface area contributed by atoms with Crippen molar-refractivity contribution in [3.8, 4) is 0 Å². The molecule has 5 heteroatoms. The lowest BCUT2D eigenvalue weighted by molar-refractivity contribution is -0.145. The molecule has 104 valence electrons. The van der Waals surface area contributed by atoms with E-state index in [1.807, 2.05) is 36.4 Å². The number of ether oxygens (including phenoxy) is 2. The number of cyclic esters (lactones) is 1. The van der Waals surface area contributed by atoms with Gasteiger partial charge in [-0.1, -0.05) is 36.4 Å². The lowest BCUT2D eigenvalue weighted by Gasteiger charge is -2.11. The Morgan fingerprint density at radius 3 is 2.80 bits per heavy atom. The number of hydrogen-bond acceptors (Lipinski definition) is 4. The lowest BCUT2D eigenvalue weighted by Crippen LogP contribution is -2.18. The van der Waals surface area contributed by atoms with Crippen LogP contribution >= 0.6 is 0 Å². The zero-order valence-corrected chi connectivity index (χ0v) is 10.7. The Kier molecular flexibility index (Phi) is 4.55. The maximum atomic E-state index is 11.1. The molecule has 0 aromatic heterocycles. The van der Waals surface area contributed by atoms with Gasteiger partial charge in [-0.05, 0) is 11.6 Å². The second-order valence-electron chi connectivity index (χ2n) is 4.19. The van der Waals surface area contributed by atoms with Crippen LogP contribution in [-0.2, 0) is 19.1 Å². The summed E-state index contributed by atoms with van der Waals surface area (Å²) in [7, 11) is 0. The first-order valence-corrected chi connectivity index (χ1v) is 6.13. The smallest absolute Gasteiger partial charge is 0.335 e. The van der Waals surface area contributed by atoms with E-state index in [4.69, 9.17) is 14.6 Å². The molecule has 0 bridgehead atoms. The number of hydrogen-bond donors (Lipinski definition) is 1. The summed E-state index contributed by atoms with van der Waals surface area (Å²) in [4.78, 5) is 21.7. The van der Waals surface area contributed by atoms with Crippen LogP contribution < -0.4 is 0 Å². The summed E-state index contributed by atoms with van der Waals surface area (Å²) < 4.78 is 10.2. The Labute approximate surface area is 116 Å². The van der Waals surface area contributed by atoms with Crippen LogP contribution in [0.2, 0.25) is 0 Å². The van der Waals surface area contributed by atoms with Crippen LogP contribution in [0.3, 0.4) is 0 Å². The fourth-order valence-electron chi connectivity index (χ4n) is 1.77. The van der Waals surface area contributed by atoms with Gasteiger partial charge in [-0.3, -0.25) is 4.79 Å². The number of carbonyl (C=O) groups is 2. The molecule has 0 fully saturated rings. The largest absolute Gasteiger partial charge is 0.490 e. The van der Waals surface area contributed by atoms with Gasteiger partial charge in [-0.2, -0.15) is 0 Å². The first-order chi connectivity index (χ1) is 9.65. The number of carbonyl (C=O) groups excluding carboxylic acids is 1. The maximum absolute atomic E-state index is 11.1. The van der Waals surface area contributed by atoms with E-state index in [-0.39, 0.29) is 18.8 Å². The second-order valence-corrected chi connectivity index (χ2v) is 4.19. The predicted molar refractivity (Wildman–Crippen MR) is 71.6 cm³/mol. The summed E-state index contributed by atoms with van der Waals surface area (Å²) >= 11 is 0. The van der Waals surface area contributed by atoms with E-state index < -0.39 is 18.0 Å². The molecule has 1 aromatic rings. The maximum Gasteiger partial charge on any atom is 0.335 e. The van der Waals surface area contributed by atoms with Crippen molar-refractivity contribution in [2.75, 3.05) is 6.61 Å². The average molecular weight is 274 g/mol. The highest BCUT2D eigenvalue weighted by Crippen LogP contribution is 2.20. The Bertz CT molecular complexity index is 545. The Morgan fingerprint density at radius 1 is 1.35 bits per heavy atom. The van der Waals surface area contributed by atoms with Crippen LogP contribution in [0, 0.1) is 0 Å². The van der Waals surface area contributed by atoms with E-state index in [9.17, 15) is 9.59 Å². The monoisotopic (exact) mass is 274 g/mol. The van der Waals surface area contributed by atoms with Crippen LogP contribution in [0.4, 0.5) is 0 Å². The molecule has 0 aliphatic carbocycles. The summed E-state index contributed by atoms with van der Waals surface area (Å²) in [5.41, 5.74) is 1.03. The number of esters is 1. The number of carboxylic acids is 1. The van der Waals surface area contributed by atoms with Gasteiger partial charge in [0.25, 0.3) is 0 Å². The molecular formula is C15H14O5. The van der Waals surface area contributed by atoms with E-state index in [2.05, 4.69) is 0 Å². The molecular weight excluding hydrogens is 260 g/mol. The molecule has 1 aliphatic heterocycles. The fourth-order valence-corrected chi connectivity index (χ4v) is 1.77. The molecule has 1 aromatic carbocycles. The molecule has 0 spiro atoms. The average Bonchev–Trinajstić information content (AvgIpc) is 2.75. The van der Waals surface area contributed by atoms with Crippen molar-refractivity contribution in [3.05, 3.63) is 53.8 Å². The third kappa shape index (κ3) is 3.98. The standard InChI is InChI=1S/C15H14O5/c16-14(17)9-13-12(10-15(18)20-13)19-8-4-7-11-5-2-1-3-6-11/h1-7,10,13H,8-9H2,(H,16,17)/b7-4+/t13-/m0/s1. The molecule has 0 saturated heterocycles. The van der Waals surface area contributed by atoms with Crippen LogP contribution in [0.5, 0.6) is 0 Å². The Hall–Kier alpha value is -2.56. The Balaban J connectivity index is 1.86. The molecule has 0 unspecified atom stereocenters. The van der Waals surface area contributed by atoms with Crippen molar-refractivity contribution >= 4 is 18.0 Å². The second kappa shape index (κ2) is 6.56. The minimum absolute atomic E-state index is 0.244. The highest BCUT2D eigenvalue weighted by Gasteiger charge is 2.29. The van der Waals surface area contributed by atoms with Crippen LogP contribution in [0.15, 0.2) is 48.2 Å². The van der Waals surface area contributed by atoms with Crippen molar-refractivity contribution in [1.29, 1.82) is 0 Å². The van der Waals surface area contributed by atoms with Crippen molar-refractivity contribution in [1.82, 2.24) is 0 Å². The third-order valence-corrected chi connectivity index (χ3v) is 2.65. The highest BCUT2D eigenvalue weighted by molar-refractivity contribution is 5.86. The molecule has 5 nitrogen and oxygen atoms in total. The van der Waals surface area contributed by atoms with Gasteiger partial charge in [0.1, 0.15) is 12.4 Å². The van der Waals surface area contributed by atoms with E-state index in [1.165, 1.54) is 6.08 Å². The summed E-state index contributed by atoms with van der Waals surface area (Å²) in [5.74, 6) is -1.35. The van der Waals surface area contributed by atoms with Gasteiger partial charge in [0.05, 0.1) is 12.5 Å². The SMILES string of the molecule is O=C(O)C[C@@H]1OC(=O)C=C1OC/C=C/c1ccccc1. The molecule has 20 heavy (non-hydrogen) atoms. The number of carboxylic acid groups (broad SMARTS) is 1. The summed E-state index contributed by atoms with van der Waals surface area (Å²) in [6.45, 7) is 0.244. The molecule has 2 rings (SSSR count). The molecule has 1 heterocycles. The predicted octanol–water partition coefficient (Wildman–Crippen LogP) is 2.00. The van der Waals surface area contributed by atoms with Gasteiger partial charge in [-0.15, -0.1) is 0 Å². The van der Waals surface area contributed by atoms with Crippen molar-refractivity contribution in [2.24, 2.45) is 0 Å². The third-order valence-electron chi connectivity index (χ3n) is 2.65. The molecule has 0 amide bonds. The quantitative estimate of drug-likeness (QED) is 0.803. The van der Waals surface area contributed by atoms with Gasteiger partial charge < -0.3 is 14.6 Å². The highest BCUT2D eigenvalue weighted by atomic mass is 16.6. The summed E-state index contributed by atoms with van der Waals surface area (Å²) in [5, 5.41) is 8.71. The fraction of sp³-hybridized carbons (Fsp3) is 0.200. The molecule has 0 radical (unpaired) electrons. The van der Waals surface area contributed by atoms with Gasteiger partial charge in [-0.25, -0.2) is 4.79 Å². The van der Waals surface area contributed by atoms with Gasteiger partial charge in [0.2, 0.25) is 0 Å². The van der Waals surface area contributed by atoms with E-state index >= 15 is 0 Å². The van der Waals surface area contributed by atoms with E-state index in [1.54, 1.807) is 6.08 Å². The zero-order chi connectivity index (χ0) is 14.4. The summed E-state index contributed by atoms with van der Waals surface area (Å²) in [6.07, 6.45) is 3.73. The van der Waals surface area contributed by atoms with Gasteiger partial charge in [0.15, 0.2) is 6.10 Å². The van der Waals surface area contributed by atoms with E-state index in [0.717, 1.165) is 5.56 Å². The number of benzene rings is 1. The van der Waals surface area contributed by atoms with Crippen LogP contribution in [0.25, 0.3) is 6.08 Å². The van der Waals surface area contributed by atoms with Crippen LogP contribution in [-0.4, -0.2) is 29.8 Å². The molecule has 1 atom stereocenters. The normalized spacial score (nSPS) is 17.9. The number of aliphatic carboxylic acids is 1. The molecule has 0 saturated carbocycles. The van der Waals surface area contributed by atoms with Crippen molar-refractivity contribution in [2.45, 2.75) is 12.5 Å². The first kappa shape index (κ1) is 13.9. The lowest BCUT2D eigenvalue weighted by atomic mass is 10.2. The minimum atomic E-state index is -1.04. The van der Waals surface area contributed by atoms with Crippen molar-refractivity contribution < 1.29 is 24.2 Å².